The molecule has 26 heavy (non-hydrogen) atoms. The molecule has 1 aromatic carbocycles. The monoisotopic (exact) mass is 361 g/mol. The van der Waals surface area contributed by atoms with E-state index in [-0.39, 0.29) is 31.6 Å². The lowest BCUT2D eigenvalue weighted by Gasteiger charge is -2.19. The van der Waals surface area contributed by atoms with E-state index in [0.29, 0.717) is 24.5 Å². The lowest BCUT2D eigenvalue weighted by Crippen LogP contribution is -2.40. The number of hydrogen-bond acceptors (Lipinski definition) is 5. The van der Waals surface area contributed by atoms with Gasteiger partial charge in [0.25, 0.3) is 5.91 Å². The molecular weight excluding hydrogens is 338 g/mol. The second-order valence-electron chi connectivity index (χ2n) is 7.05. The van der Waals surface area contributed by atoms with Crippen LogP contribution in [-0.4, -0.2) is 53.6 Å². The Bertz CT molecular complexity index is 746. The summed E-state index contributed by atoms with van der Waals surface area (Å²) in [7, 11) is 1.73. The maximum Gasteiger partial charge on any atom is 0.325 e. The third-order valence-corrected chi connectivity index (χ3v) is 4.50. The molecule has 4 amide bonds. The van der Waals surface area contributed by atoms with Gasteiger partial charge < -0.3 is 19.7 Å². The minimum absolute atomic E-state index is 0.0472. The smallest absolute Gasteiger partial charge is 0.325 e. The van der Waals surface area contributed by atoms with E-state index in [1.807, 2.05) is 18.2 Å². The fourth-order valence-electron chi connectivity index (χ4n) is 3.00. The Morgan fingerprint density at radius 2 is 2.00 bits per heavy atom. The molecule has 8 nitrogen and oxygen atoms in total. The fraction of sp³-hybridized carbons (Fsp3) is 0.500. The van der Waals surface area contributed by atoms with Gasteiger partial charge in [-0.25, -0.2) is 4.79 Å². The summed E-state index contributed by atoms with van der Waals surface area (Å²) < 4.78 is 10.6. The van der Waals surface area contributed by atoms with E-state index in [2.05, 4.69) is 5.32 Å². The third kappa shape index (κ3) is 3.58. The van der Waals surface area contributed by atoms with Crippen molar-refractivity contribution in [3.05, 3.63) is 23.8 Å². The van der Waals surface area contributed by atoms with Gasteiger partial charge in [-0.1, -0.05) is 6.07 Å². The summed E-state index contributed by atoms with van der Waals surface area (Å²) in [5.41, 5.74) is 0.0676. The van der Waals surface area contributed by atoms with Gasteiger partial charge in [0.15, 0.2) is 11.5 Å². The van der Waals surface area contributed by atoms with E-state index in [0.717, 1.165) is 5.56 Å². The molecular formula is C18H23N3O5. The first-order valence-corrected chi connectivity index (χ1v) is 8.54. The maximum atomic E-state index is 12.3. The van der Waals surface area contributed by atoms with Gasteiger partial charge in [0.2, 0.25) is 12.7 Å². The van der Waals surface area contributed by atoms with Gasteiger partial charge in [0, 0.05) is 26.6 Å². The van der Waals surface area contributed by atoms with Crippen LogP contribution in [0.5, 0.6) is 11.5 Å². The van der Waals surface area contributed by atoms with Gasteiger partial charge in [-0.3, -0.25) is 14.5 Å². The summed E-state index contributed by atoms with van der Waals surface area (Å²) in [4.78, 5) is 39.0. The van der Waals surface area contributed by atoms with Crippen LogP contribution in [0.25, 0.3) is 0 Å². The highest BCUT2D eigenvalue weighted by Crippen LogP contribution is 2.32. The summed E-state index contributed by atoms with van der Waals surface area (Å²) >= 11 is 0. The van der Waals surface area contributed by atoms with Crippen molar-refractivity contribution >= 4 is 17.8 Å². The van der Waals surface area contributed by atoms with Crippen LogP contribution in [0.1, 0.15) is 32.3 Å². The third-order valence-electron chi connectivity index (χ3n) is 4.50. The molecule has 0 spiro atoms. The predicted octanol–water partition coefficient (Wildman–Crippen LogP) is 1.48. The normalized spacial score (nSPS) is 17.4. The molecule has 1 fully saturated rings. The van der Waals surface area contributed by atoms with Crippen LogP contribution >= 0.6 is 0 Å². The van der Waals surface area contributed by atoms with Crippen molar-refractivity contribution in [1.82, 2.24) is 15.1 Å². The minimum atomic E-state index is -0.878. The molecule has 8 heteroatoms. The van der Waals surface area contributed by atoms with E-state index in [4.69, 9.17) is 9.47 Å². The van der Waals surface area contributed by atoms with Crippen molar-refractivity contribution < 1.29 is 23.9 Å². The molecule has 0 unspecified atom stereocenters. The Morgan fingerprint density at radius 1 is 1.27 bits per heavy atom. The summed E-state index contributed by atoms with van der Waals surface area (Å²) in [6, 6.07) is 5.18. The van der Waals surface area contributed by atoms with Crippen molar-refractivity contribution in [1.29, 1.82) is 0 Å². The largest absolute Gasteiger partial charge is 0.454 e. The SMILES string of the molecule is CN(Cc1ccc2c(c1)OCO2)C(=O)CCCN1C(=O)NC(C)(C)C1=O. The van der Waals surface area contributed by atoms with Crippen LogP contribution in [-0.2, 0) is 16.1 Å². The van der Waals surface area contributed by atoms with Crippen LogP contribution in [0.4, 0.5) is 4.79 Å². The number of rotatable bonds is 6. The molecule has 0 aromatic heterocycles. The van der Waals surface area contributed by atoms with E-state index in [1.54, 1.807) is 25.8 Å². The Kier molecular flexibility index (Phi) is 4.76. The number of urea groups is 1. The number of benzene rings is 1. The van der Waals surface area contributed by atoms with Crippen molar-refractivity contribution in [2.24, 2.45) is 0 Å². The van der Waals surface area contributed by atoms with Crippen LogP contribution in [0.3, 0.4) is 0 Å². The Labute approximate surface area is 152 Å². The molecule has 140 valence electrons. The first-order chi connectivity index (χ1) is 12.3. The van der Waals surface area contributed by atoms with Gasteiger partial charge >= 0.3 is 6.03 Å². The number of carbonyl (C=O) groups excluding carboxylic acids is 3. The zero-order chi connectivity index (χ0) is 18.9. The highest BCUT2D eigenvalue weighted by atomic mass is 16.7. The Balaban J connectivity index is 1.47. The molecule has 0 radical (unpaired) electrons. The highest BCUT2D eigenvalue weighted by molar-refractivity contribution is 6.06. The number of amides is 4. The first-order valence-electron chi connectivity index (χ1n) is 8.54. The van der Waals surface area contributed by atoms with Crippen LogP contribution in [0.2, 0.25) is 0 Å². The Hall–Kier alpha value is -2.77. The number of nitrogens with zero attached hydrogens (tertiary/aromatic N) is 2. The quantitative estimate of drug-likeness (QED) is 0.776. The summed E-state index contributed by atoms with van der Waals surface area (Å²) in [6.45, 7) is 4.23. The van der Waals surface area contributed by atoms with E-state index < -0.39 is 11.6 Å². The molecule has 2 heterocycles. The molecule has 0 bridgehead atoms. The lowest BCUT2D eigenvalue weighted by molar-refractivity contribution is -0.132. The number of fused-ring (bicyclic) bond motifs is 1. The lowest BCUT2D eigenvalue weighted by atomic mass is 10.1. The number of hydrogen-bond donors (Lipinski definition) is 1. The van der Waals surface area contributed by atoms with Crippen molar-refractivity contribution in [3.63, 3.8) is 0 Å². The number of ether oxygens (including phenoxy) is 2. The number of imide groups is 1. The molecule has 2 aliphatic heterocycles. The van der Waals surface area contributed by atoms with Gasteiger partial charge in [-0.15, -0.1) is 0 Å². The molecule has 2 aliphatic rings. The van der Waals surface area contributed by atoms with Gasteiger partial charge in [-0.05, 0) is 38.0 Å². The van der Waals surface area contributed by atoms with Crippen LogP contribution < -0.4 is 14.8 Å². The van der Waals surface area contributed by atoms with Crippen LogP contribution in [0.15, 0.2) is 18.2 Å². The summed E-state index contributed by atoms with van der Waals surface area (Å²) in [6.07, 6.45) is 0.693. The highest BCUT2D eigenvalue weighted by Gasteiger charge is 2.43. The van der Waals surface area contributed by atoms with Crippen molar-refractivity contribution in [2.75, 3.05) is 20.4 Å². The topological polar surface area (TPSA) is 88.2 Å². The van der Waals surface area contributed by atoms with Gasteiger partial charge in [0.05, 0.1) is 0 Å². The summed E-state index contributed by atoms with van der Waals surface area (Å²) in [5.74, 6) is 1.08. The fourth-order valence-corrected chi connectivity index (χ4v) is 3.00. The zero-order valence-electron chi connectivity index (χ0n) is 15.2. The molecule has 3 rings (SSSR count). The van der Waals surface area contributed by atoms with Crippen molar-refractivity contribution in [3.8, 4) is 11.5 Å². The zero-order valence-corrected chi connectivity index (χ0v) is 15.2. The van der Waals surface area contributed by atoms with E-state index in [1.165, 1.54) is 4.90 Å². The molecule has 1 aromatic rings. The second kappa shape index (κ2) is 6.86. The van der Waals surface area contributed by atoms with Gasteiger partial charge in [0.1, 0.15) is 5.54 Å². The average molecular weight is 361 g/mol. The van der Waals surface area contributed by atoms with E-state index >= 15 is 0 Å². The molecule has 0 aliphatic carbocycles. The number of carbonyl (C=O) groups is 3. The first kappa shape index (κ1) is 18.0. The van der Waals surface area contributed by atoms with Crippen LogP contribution in [0, 0.1) is 0 Å². The maximum absolute atomic E-state index is 12.3. The Morgan fingerprint density at radius 3 is 2.69 bits per heavy atom. The molecule has 1 N–H and O–H groups in total. The second-order valence-corrected chi connectivity index (χ2v) is 7.05. The molecule has 0 atom stereocenters. The van der Waals surface area contributed by atoms with Gasteiger partial charge in [-0.2, -0.15) is 0 Å². The van der Waals surface area contributed by atoms with Crippen molar-refractivity contribution in [2.45, 2.75) is 38.8 Å². The van der Waals surface area contributed by atoms with E-state index in [9.17, 15) is 14.4 Å². The summed E-state index contributed by atoms with van der Waals surface area (Å²) in [5, 5.41) is 2.63. The average Bonchev–Trinajstić information content (AvgIpc) is 3.11. The predicted molar refractivity (Wildman–Crippen MR) is 92.6 cm³/mol. The minimum Gasteiger partial charge on any atom is -0.454 e. The molecule has 0 saturated carbocycles. The number of nitrogens with one attached hydrogen (secondary N) is 1. The molecule has 1 saturated heterocycles. The standard InChI is InChI=1S/C18H23N3O5/c1-18(2)16(23)21(17(24)19-18)8-4-5-15(22)20(3)10-12-6-7-13-14(9-12)26-11-25-13/h6-7,9H,4-5,8,10-11H2,1-3H3,(H,19,24).